The highest BCUT2D eigenvalue weighted by Gasteiger charge is 2.67. The number of nitrogens with one attached hydrogen (secondary N) is 1. The third kappa shape index (κ3) is 6.34. The number of amides is 5. The van der Waals surface area contributed by atoms with E-state index in [4.69, 9.17) is 10.00 Å². The van der Waals surface area contributed by atoms with Gasteiger partial charge in [0, 0.05) is 77.8 Å². The Balaban J connectivity index is 0.777. The fourth-order valence-electron chi connectivity index (χ4n) is 10.8. The molecule has 12 nitrogen and oxygen atoms in total. The van der Waals surface area contributed by atoms with Crippen molar-refractivity contribution in [3.05, 3.63) is 93.8 Å². The summed E-state index contributed by atoms with van der Waals surface area (Å²) in [7, 11) is 0. The van der Waals surface area contributed by atoms with E-state index < -0.39 is 46.3 Å². The molecule has 1 N–H and O–H groups in total. The van der Waals surface area contributed by atoms with Gasteiger partial charge in [-0.3, -0.25) is 39.1 Å². The molecule has 4 fully saturated rings. The highest BCUT2D eigenvalue weighted by Crippen LogP contribution is 2.59. The van der Waals surface area contributed by atoms with Crippen LogP contribution in [0.4, 0.5) is 10.1 Å². The number of halogens is 1. The molecule has 13 heteroatoms. The summed E-state index contributed by atoms with van der Waals surface area (Å²) in [5, 5.41) is 11.3. The fourth-order valence-corrected chi connectivity index (χ4v) is 10.8. The molecule has 1 aliphatic carbocycles. The minimum atomic E-state index is -0.984. The third-order valence-corrected chi connectivity index (χ3v) is 13.4. The quantitative estimate of drug-likeness (QED) is 0.273. The van der Waals surface area contributed by atoms with E-state index in [2.05, 4.69) is 54.7 Å². The van der Waals surface area contributed by atoms with Gasteiger partial charge in [0.25, 0.3) is 17.7 Å². The number of piperidine rings is 2. The first-order valence-electron chi connectivity index (χ1n) is 20.3. The number of benzene rings is 3. The number of carbonyl (C=O) groups is 5. The van der Waals surface area contributed by atoms with Crippen molar-refractivity contribution >= 4 is 35.2 Å². The maximum absolute atomic E-state index is 14.4. The molecule has 5 amide bonds. The number of imide groups is 2. The highest BCUT2D eigenvalue weighted by molar-refractivity contribution is 6.23. The Morgan fingerprint density at radius 2 is 1.54 bits per heavy atom. The van der Waals surface area contributed by atoms with Gasteiger partial charge in [-0.25, -0.2) is 4.39 Å². The zero-order chi connectivity index (χ0) is 41.5. The molecule has 1 saturated carbocycles. The number of hydrogen-bond donors (Lipinski definition) is 1. The average molecular weight is 797 g/mol. The first kappa shape index (κ1) is 38.5. The highest BCUT2D eigenvalue weighted by atomic mass is 19.1. The molecule has 6 aliphatic rings. The lowest BCUT2D eigenvalue weighted by molar-refractivity contribution is -0.199. The zero-order valence-corrected chi connectivity index (χ0v) is 33.5. The predicted molar refractivity (Wildman–Crippen MR) is 213 cm³/mol. The number of nitrogens with zero attached hydrogens (tertiary/aromatic N) is 5. The molecular formula is C46H45FN6O6. The largest absolute Gasteiger partial charge is 0.489 e. The van der Waals surface area contributed by atoms with Gasteiger partial charge in [0.15, 0.2) is 0 Å². The first-order valence-corrected chi connectivity index (χ1v) is 20.3. The molecular weight excluding hydrogens is 752 g/mol. The van der Waals surface area contributed by atoms with E-state index >= 15 is 0 Å². The summed E-state index contributed by atoms with van der Waals surface area (Å²) < 4.78 is 20.7. The Morgan fingerprint density at radius 1 is 0.831 bits per heavy atom. The number of anilines is 1. The lowest BCUT2D eigenvalue weighted by atomic mass is 9.49. The molecule has 59 heavy (non-hydrogen) atoms. The monoisotopic (exact) mass is 796 g/mol. The summed E-state index contributed by atoms with van der Waals surface area (Å²) in [6, 6.07) is 16.5. The molecule has 3 aromatic rings. The molecule has 1 atom stereocenters. The van der Waals surface area contributed by atoms with Crippen LogP contribution in [0.5, 0.6) is 5.75 Å². The van der Waals surface area contributed by atoms with Gasteiger partial charge in [-0.2, -0.15) is 5.26 Å². The minimum absolute atomic E-state index is 0.00773. The van der Waals surface area contributed by atoms with Crippen LogP contribution in [0.3, 0.4) is 0 Å². The number of carbonyl (C=O) groups excluding carboxylic acids is 5. The number of fused-ring (bicyclic) bond motifs is 2. The van der Waals surface area contributed by atoms with Crippen molar-refractivity contribution in [2.24, 2.45) is 16.7 Å². The van der Waals surface area contributed by atoms with Crippen molar-refractivity contribution in [2.75, 3.05) is 31.1 Å². The zero-order valence-electron chi connectivity index (χ0n) is 33.5. The van der Waals surface area contributed by atoms with Gasteiger partial charge in [0.2, 0.25) is 11.8 Å². The van der Waals surface area contributed by atoms with Crippen molar-refractivity contribution in [1.29, 1.82) is 5.26 Å². The van der Waals surface area contributed by atoms with E-state index in [1.165, 1.54) is 12.1 Å². The van der Waals surface area contributed by atoms with Crippen molar-refractivity contribution in [1.82, 2.24) is 20.0 Å². The number of hydrogen-bond acceptors (Lipinski definition) is 9. The molecule has 1 unspecified atom stereocenters. The van der Waals surface area contributed by atoms with Crippen LogP contribution < -0.4 is 15.0 Å². The first-order chi connectivity index (χ1) is 28.1. The molecule has 3 saturated heterocycles. The number of ether oxygens (including phenoxy) is 1. The SMILES string of the molecule is CC1(C)C(Oc2ccc(C#N)c(F)c2)C(C)(C)C1N1Cc2cc(C#CC3CCN(C4CN(c5ccc6c(c5)C(=O)N(C5CCC(=O)NC5=O)C6=O)C4)CC3)ccc2C1=O. The summed E-state index contributed by atoms with van der Waals surface area (Å²) in [5.41, 5.74) is 3.10. The van der Waals surface area contributed by atoms with Crippen LogP contribution in [-0.2, 0) is 16.1 Å². The van der Waals surface area contributed by atoms with Crippen LogP contribution in [0.2, 0.25) is 0 Å². The lowest BCUT2D eigenvalue weighted by Gasteiger charge is -2.65. The van der Waals surface area contributed by atoms with E-state index in [-0.39, 0.29) is 47.9 Å². The second kappa shape index (κ2) is 14.1. The molecule has 302 valence electrons. The molecule has 0 radical (unpaired) electrons. The summed E-state index contributed by atoms with van der Waals surface area (Å²) in [4.78, 5) is 71.9. The van der Waals surface area contributed by atoms with E-state index in [1.807, 2.05) is 35.2 Å². The van der Waals surface area contributed by atoms with E-state index in [9.17, 15) is 28.4 Å². The Labute approximate surface area is 342 Å². The Bertz CT molecular complexity index is 2430. The summed E-state index contributed by atoms with van der Waals surface area (Å²) >= 11 is 0. The summed E-state index contributed by atoms with van der Waals surface area (Å²) in [6.07, 6.45) is 1.83. The second-order valence-electron chi connectivity index (χ2n) is 17.9. The van der Waals surface area contributed by atoms with Crippen molar-refractivity contribution < 1.29 is 33.1 Å². The second-order valence-corrected chi connectivity index (χ2v) is 17.9. The summed E-state index contributed by atoms with van der Waals surface area (Å²) in [6.45, 7) is 12.3. The van der Waals surface area contributed by atoms with Gasteiger partial charge in [-0.05, 0) is 86.4 Å². The van der Waals surface area contributed by atoms with Gasteiger partial charge in [0.1, 0.15) is 29.8 Å². The van der Waals surface area contributed by atoms with E-state index in [0.717, 1.165) is 60.7 Å². The van der Waals surface area contributed by atoms with E-state index in [0.29, 0.717) is 29.5 Å². The lowest BCUT2D eigenvalue weighted by Crippen LogP contribution is -2.74. The van der Waals surface area contributed by atoms with Crippen molar-refractivity contribution in [3.8, 4) is 23.7 Å². The number of likely N-dealkylation sites (tertiary alicyclic amines) is 1. The molecule has 5 heterocycles. The van der Waals surface area contributed by atoms with Gasteiger partial charge >= 0.3 is 0 Å². The van der Waals surface area contributed by atoms with Crippen molar-refractivity contribution in [3.63, 3.8) is 0 Å². The van der Waals surface area contributed by atoms with Crippen LogP contribution >= 0.6 is 0 Å². The number of rotatable bonds is 6. The fraction of sp³-hybridized carbons (Fsp3) is 0.435. The van der Waals surface area contributed by atoms with E-state index in [1.54, 1.807) is 18.2 Å². The molecule has 0 aromatic heterocycles. The van der Waals surface area contributed by atoms with Crippen LogP contribution in [0.1, 0.15) is 101 Å². The predicted octanol–water partition coefficient (Wildman–Crippen LogP) is 4.89. The smallest absolute Gasteiger partial charge is 0.262 e. The Kier molecular flexibility index (Phi) is 9.16. The molecule has 3 aromatic carbocycles. The molecule has 0 spiro atoms. The van der Waals surface area contributed by atoms with Gasteiger partial charge in [0.05, 0.1) is 16.7 Å². The Hall–Kier alpha value is -6.05. The third-order valence-electron chi connectivity index (χ3n) is 13.4. The average Bonchev–Trinajstić information content (AvgIpc) is 3.62. The van der Waals surface area contributed by atoms with Crippen LogP contribution in [-0.4, -0.2) is 94.6 Å². The maximum atomic E-state index is 14.4. The van der Waals surface area contributed by atoms with Crippen molar-refractivity contribution in [2.45, 2.75) is 84.2 Å². The van der Waals surface area contributed by atoms with Crippen LogP contribution in [0.25, 0.3) is 0 Å². The van der Waals surface area contributed by atoms with Gasteiger partial charge in [-0.15, -0.1) is 0 Å². The van der Waals surface area contributed by atoms with Crippen LogP contribution in [0, 0.1) is 45.7 Å². The van der Waals surface area contributed by atoms with Gasteiger partial charge in [-0.1, -0.05) is 39.5 Å². The maximum Gasteiger partial charge on any atom is 0.262 e. The minimum Gasteiger partial charge on any atom is -0.489 e. The Morgan fingerprint density at radius 3 is 2.24 bits per heavy atom. The molecule has 0 bridgehead atoms. The standard InChI is InChI=1S/C46H45FN6O6/c1-45(2)43(46(3,4)44(45)59-32-10-8-28(22-48)36(47)21-32)52-23-29-19-27(7-11-33(29)40(52)56)6-5-26-15-17-50(18-16-26)31-24-51(25-31)30-9-12-34-35(20-30)42(58)53(41(34)57)37-13-14-38(54)49-39(37)55/h7-12,19-21,26,31,37,43-44H,13-18,23-25H2,1-4H3,(H,49,54,55). The normalized spacial score (nSPS) is 25.1. The number of nitriles is 1. The molecule has 5 aliphatic heterocycles. The topological polar surface area (TPSA) is 143 Å². The summed E-state index contributed by atoms with van der Waals surface area (Å²) in [5.74, 6) is 4.88. The van der Waals surface area contributed by atoms with Crippen LogP contribution in [0.15, 0.2) is 54.6 Å². The van der Waals surface area contributed by atoms with Gasteiger partial charge < -0.3 is 14.5 Å². The molecule has 9 rings (SSSR count).